The third-order valence-electron chi connectivity index (χ3n) is 2.70. The minimum atomic E-state index is -0.511. The number of halogens is 1. The van der Waals surface area contributed by atoms with E-state index in [1.165, 1.54) is 6.07 Å². The second kappa shape index (κ2) is 8.33. The number of esters is 1. The Morgan fingerprint density at radius 2 is 2.13 bits per heavy atom. The highest BCUT2D eigenvalue weighted by Gasteiger charge is 2.10. The molecule has 1 aromatic heterocycles. The molecule has 0 fully saturated rings. The standard InChI is InChI=1S/C15H15FN2O4S/c1-10-6-13(18-22-10)17-14(19)8-23-9-15(20)21-7-11-4-2-3-5-12(11)16/h2-6H,7-9H2,1H3,(H,17,18,19). The quantitative estimate of drug-likeness (QED) is 0.781. The number of aromatic nitrogens is 1. The first-order valence-electron chi connectivity index (χ1n) is 6.74. The molecule has 0 radical (unpaired) electrons. The van der Waals surface area contributed by atoms with E-state index in [9.17, 15) is 14.0 Å². The van der Waals surface area contributed by atoms with Crippen molar-refractivity contribution < 1.29 is 23.2 Å². The summed E-state index contributed by atoms with van der Waals surface area (Å²) in [4.78, 5) is 23.2. The number of aryl methyl sites for hydroxylation is 1. The van der Waals surface area contributed by atoms with Gasteiger partial charge in [0.15, 0.2) is 5.82 Å². The van der Waals surface area contributed by atoms with Gasteiger partial charge in [-0.25, -0.2) is 4.39 Å². The van der Waals surface area contributed by atoms with Crippen LogP contribution in [0.3, 0.4) is 0 Å². The van der Waals surface area contributed by atoms with E-state index in [-0.39, 0.29) is 24.0 Å². The summed E-state index contributed by atoms with van der Waals surface area (Å²) >= 11 is 1.10. The van der Waals surface area contributed by atoms with E-state index in [4.69, 9.17) is 9.26 Å². The Balaban J connectivity index is 1.64. The van der Waals surface area contributed by atoms with Crippen molar-refractivity contribution in [1.29, 1.82) is 0 Å². The molecule has 0 bridgehead atoms. The van der Waals surface area contributed by atoms with Crippen LogP contribution in [-0.2, 0) is 20.9 Å². The van der Waals surface area contributed by atoms with Crippen molar-refractivity contribution in [3.63, 3.8) is 0 Å². The lowest BCUT2D eigenvalue weighted by Crippen LogP contribution is -2.16. The smallest absolute Gasteiger partial charge is 0.316 e. The van der Waals surface area contributed by atoms with Crippen LogP contribution in [0, 0.1) is 12.7 Å². The van der Waals surface area contributed by atoms with Crippen LogP contribution in [0.5, 0.6) is 0 Å². The number of anilines is 1. The predicted molar refractivity (Wildman–Crippen MR) is 83.4 cm³/mol. The summed E-state index contributed by atoms with van der Waals surface area (Å²) in [5.74, 6) is -0.246. The van der Waals surface area contributed by atoms with E-state index in [0.717, 1.165) is 11.8 Å². The second-order valence-electron chi connectivity index (χ2n) is 4.62. The molecule has 0 atom stereocenters. The minimum absolute atomic E-state index is 0.000282. The average Bonchev–Trinajstić information content (AvgIpc) is 2.91. The van der Waals surface area contributed by atoms with Crippen molar-refractivity contribution in [2.75, 3.05) is 16.8 Å². The largest absolute Gasteiger partial charge is 0.460 e. The first kappa shape index (κ1) is 17.0. The first-order valence-corrected chi connectivity index (χ1v) is 7.90. The molecule has 0 spiro atoms. The van der Waals surface area contributed by atoms with E-state index in [1.54, 1.807) is 31.2 Å². The number of carbonyl (C=O) groups is 2. The highest BCUT2D eigenvalue weighted by molar-refractivity contribution is 8.00. The Morgan fingerprint density at radius 3 is 2.83 bits per heavy atom. The highest BCUT2D eigenvalue weighted by atomic mass is 32.2. The normalized spacial score (nSPS) is 10.3. The molecule has 0 unspecified atom stereocenters. The zero-order valence-electron chi connectivity index (χ0n) is 12.4. The Labute approximate surface area is 136 Å². The maximum Gasteiger partial charge on any atom is 0.316 e. The summed E-state index contributed by atoms with van der Waals surface area (Å²) in [5, 5.41) is 6.16. The predicted octanol–water partition coefficient (Wildman–Crippen LogP) is 2.54. The molecule has 0 saturated carbocycles. The van der Waals surface area contributed by atoms with E-state index in [2.05, 4.69) is 10.5 Å². The number of amides is 1. The number of thioether (sulfide) groups is 1. The fourth-order valence-electron chi connectivity index (χ4n) is 1.65. The van der Waals surface area contributed by atoms with Crippen LogP contribution < -0.4 is 5.32 Å². The van der Waals surface area contributed by atoms with Crippen LogP contribution in [0.4, 0.5) is 10.2 Å². The summed E-state index contributed by atoms with van der Waals surface area (Å²) in [6.45, 7) is 1.58. The lowest BCUT2D eigenvalue weighted by Gasteiger charge is -2.05. The van der Waals surface area contributed by atoms with E-state index >= 15 is 0 Å². The fraction of sp³-hybridized carbons (Fsp3) is 0.267. The van der Waals surface area contributed by atoms with Crippen molar-refractivity contribution in [2.24, 2.45) is 0 Å². The van der Waals surface area contributed by atoms with Crippen molar-refractivity contribution in [3.05, 3.63) is 47.5 Å². The van der Waals surface area contributed by atoms with Crippen LogP contribution in [0.2, 0.25) is 0 Å². The van der Waals surface area contributed by atoms with Gasteiger partial charge in [0.05, 0.1) is 11.5 Å². The lowest BCUT2D eigenvalue weighted by atomic mass is 10.2. The summed E-state index contributed by atoms with van der Waals surface area (Å²) in [6, 6.07) is 7.66. The summed E-state index contributed by atoms with van der Waals surface area (Å²) in [5.41, 5.74) is 0.310. The molecule has 1 amide bonds. The van der Waals surface area contributed by atoms with E-state index in [0.29, 0.717) is 17.1 Å². The molecule has 122 valence electrons. The van der Waals surface area contributed by atoms with Gasteiger partial charge in [0.2, 0.25) is 5.91 Å². The summed E-state index contributed by atoms with van der Waals surface area (Å²) in [7, 11) is 0. The number of rotatable bonds is 7. The van der Waals surface area contributed by atoms with Gasteiger partial charge in [-0.2, -0.15) is 0 Å². The summed E-state index contributed by atoms with van der Waals surface area (Å²) < 4.78 is 23.1. The molecule has 8 heteroatoms. The van der Waals surface area contributed by atoms with Gasteiger partial charge in [-0.1, -0.05) is 23.4 Å². The zero-order chi connectivity index (χ0) is 16.7. The highest BCUT2D eigenvalue weighted by Crippen LogP contribution is 2.10. The maximum absolute atomic E-state index is 13.3. The number of nitrogens with zero attached hydrogens (tertiary/aromatic N) is 1. The van der Waals surface area contributed by atoms with Crippen LogP contribution in [0.25, 0.3) is 0 Å². The van der Waals surface area contributed by atoms with Crippen LogP contribution in [0.1, 0.15) is 11.3 Å². The fourth-order valence-corrected chi connectivity index (χ4v) is 2.26. The molecule has 0 saturated heterocycles. The number of nitrogens with one attached hydrogen (secondary N) is 1. The Morgan fingerprint density at radius 1 is 1.35 bits per heavy atom. The lowest BCUT2D eigenvalue weighted by molar-refractivity contribution is -0.141. The Hall–Kier alpha value is -2.35. The van der Waals surface area contributed by atoms with Gasteiger partial charge >= 0.3 is 5.97 Å². The van der Waals surface area contributed by atoms with Gasteiger partial charge in [-0.05, 0) is 13.0 Å². The monoisotopic (exact) mass is 338 g/mol. The molecule has 23 heavy (non-hydrogen) atoms. The molecular weight excluding hydrogens is 323 g/mol. The van der Waals surface area contributed by atoms with Gasteiger partial charge in [0, 0.05) is 11.6 Å². The minimum Gasteiger partial charge on any atom is -0.460 e. The van der Waals surface area contributed by atoms with Gasteiger partial charge in [-0.15, -0.1) is 11.8 Å². The molecule has 6 nitrogen and oxygen atoms in total. The molecule has 2 aromatic rings. The molecule has 2 rings (SSSR count). The zero-order valence-corrected chi connectivity index (χ0v) is 13.2. The Kier molecular flexibility index (Phi) is 6.16. The second-order valence-corrected chi connectivity index (χ2v) is 5.60. The number of carbonyl (C=O) groups excluding carboxylic acids is 2. The van der Waals surface area contributed by atoms with Crippen molar-refractivity contribution in [2.45, 2.75) is 13.5 Å². The molecule has 0 aliphatic carbocycles. The number of ether oxygens (including phenoxy) is 1. The topological polar surface area (TPSA) is 81.4 Å². The van der Waals surface area contributed by atoms with E-state index < -0.39 is 11.8 Å². The van der Waals surface area contributed by atoms with Gasteiger partial charge in [-0.3, -0.25) is 9.59 Å². The number of hydrogen-bond acceptors (Lipinski definition) is 6. The molecule has 1 heterocycles. The van der Waals surface area contributed by atoms with Gasteiger partial charge in [0.1, 0.15) is 18.2 Å². The molecule has 1 aromatic carbocycles. The molecular formula is C15H15FN2O4S. The molecule has 0 aliphatic heterocycles. The third kappa shape index (κ3) is 5.74. The van der Waals surface area contributed by atoms with Crippen molar-refractivity contribution in [3.8, 4) is 0 Å². The number of benzene rings is 1. The number of hydrogen-bond donors (Lipinski definition) is 1. The molecule has 0 aliphatic rings. The maximum atomic E-state index is 13.3. The van der Waals surface area contributed by atoms with Crippen LogP contribution in [0.15, 0.2) is 34.9 Å². The summed E-state index contributed by atoms with van der Waals surface area (Å²) in [6.07, 6.45) is 0. The third-order valence-corrected chi connectivity index (χ3v) is 3.60. The van der Waals surface area contributed by atoms with Crippen molar-refractivity contribution >= 4 is 29.5 Å². The van der Waals surface area contributed by atoms with Crippen LogP contribution >= 0.6 is 11.8 Å². The Bertz CT molecular complexity index is 690. The van der Waals surface area contributed by atoms with Gasteiger partial charge in [0.25, 0.3) is 0 Å². The van der Waals surface area contributed by atoms with Crippen LogP contribution in [-0.4, -0.2) is 28.5 Å². The van der Waals surface area contributed by atoms with E-state index in [1.807, 2.05) is 0 Å². The SMILES string of the molecule is Cc1cc(NC(=O)CSCC(=O)OCc2ccccc2F)no1. The first-order chi connectivity index (χ1) is 11.0. The molecule has 1 N–H and O–H groups in total. The van der Waals surface area contributed by atoms with Gasteiger partial charge < -0.3 is 14.6 Å². The average molecular weight is 338 g/mol. The van der Waals surface area contributed by atoms with Crippen molar-refractivity contribution in [1.82, 2.24) is 5.16 Å².